The molecule has 2 aliphatic heterocycles. The third-order valence-electron chi connectivity index (χ3n) is 4.15. The number of aliphatic hydroxyl groups is 1. The molecule has 110 valence electrons. The fourth-order valence-corrected chi connectivity index (χ4v) is 2.99. The van der Waals surface area contributed by atoms with Crippen LogP contribution in [0.5, 0.6) is 0 Å². The summed E-state index contributed by atoms with van der Waals surface area (Å²) in [6.07, 6.45) is 5.83. The van der Waals surface area contributed by atoms with Crippen molar-refractivity contribution >= 4 is 6.03 Å². The van der Waals surface area contributed by atoms with Gasteiger partial charge >= 0.3 is 6.03 Å². The Morgan fingerprint density at radius 1 is 0.789 bits per heavy atom. The predicted octanol–water partition coefficient (Wildman–Crippen LogP) is 0.982. The standard InChI is InChI=1S/C14H27N3O2/c18-13-12-15-6-5-9-17(11-10-15)14(19)16-7-3-1-2-4-8-16/h18H,1-13H2. The number of likely N-dealkylation sites (tertiary alicyclic amines) is 1. The Balaban J connectivity index is 1.84. The molecular formula is C14H27N3O2. The third-order valence-corrected chi connectivity index (χ3v) is 4.15. The molecule has 0 aromatic rings. The maximum Gasteiger partial charge on any atom is 0.320 e. The summed E-state index contributed by atoms with van der Waals surface area (Å²) in [5.41, 5.74) is 0. The molecule has 2 rings (SSSR count). The van der Waals surface area contributed by atoms with Crippen LogP contribution < -0.4 is 0 Å². The van der Waals surface area contributed by atoms with E-state index in [0.717, 1.165) is 65.1 Å². The molecule has 19 heavy (non-hydrogen) atoms. The molecule has 0 aliphatic carbocycles. The lowest BCUT2D eigenvalue weighted by molar-refractivity contribution is 0.153. The zero-order valence-electron chi connectivity index (χ0n) is 11.9. The topological polar surface area (TPSA) is 47.0 Å². The minimum absolute atomic E-state index is 0.208. The van der Waals surface area contributed by atoms with Crippen molar-refractivity contribution in [3.05, 3.63) is 0 Å². The Bertz CT molecular complexity index is 278. The Morgan fingerprint density at radius 2 is 1.42 bits per heavy atom. The summed E-state index contributed by atoms with van der Waals surface area (Å²) in [7, 11) is 0. The summed E-state index contributed by atoms with van der Waals surface area (Å²) < 4.78 is 0. The highest BCUT2D eigenvalue weighted by Gasteiger charge is 2.23. The van der Waals surface area contributed by atoms with Crippen molar-refractivity contribution in [2.24, 2.45) is 0 Å². The van der Waals surface area contributed by atoms with Crippen molar-refractivity contribution < 1.29 is 9.90 Å². The van der Waals surface area contributed by atoms with Crippen LogP contribution in [-0.4, -0.2) is 78.3 Å². The zero-order chi connectivity index (χ0) is 13.5. The van der Waals surface area contributed by atoms with Crippen molar-refractivity contribution in [1.29, 1.82) is 0 Å². The number of β-amino-alcohol motifs (C(OH)–C–C–N with tert-alkyl or cyclic N) is 1. The van der Waals surface area contributed by atoms with Gasteiger partial charge in [0.15, 0.2) is 0 Å². The highest BCUT2D eigenvalue weighted by molar-refractivity contribution is 5.74. The molecule has 2 aliphatic rings. The van der Waals surface area contributed by atoms with Gasteiger partial charge in [-0.05, 0) is 25.8 Å². The fourth-order valence-electron chi connectivity index (χ4n) is 2.99. The van der Waals surface area contributed by atoms with Gasteiger partial charge in [0.25, 0.3) is 0 Å². The summed E-state index contributed by atoms with van der Waals surface area (Å²) in [5.74, 6) is 0. The van der Waals surface area contributed by atoms with E-state index in [1.807, 2.05) is 9.80 Å². The van der Waals surface area contributed by atoms with E-state index in [2.05, 4.69) is 4.90 Å². The number of hydrogen-bond donors (Lipinski definition) is 1. The molecule has 5 heteroatoms. The van der Waals surface area contributed by atoms with Crippen LogP contribution in [0.4, 0.5) is 4.79 Å². The first-order chi connectivity index (χ1) is 9.31. The molecule has 0 aromatic heterocycles. The van der Waals surface area contributed by atoms with Crippen LogP contribution in [0.1, 0.15) is 32.1 Å². The monoisotopic (exact) mass is 269 g/mol. The predicted molar refractivity (Wildman–Crippen MR) is 75.2 cm³/mol. The normalized spacial score (nSPS) is 23.0. The minimum atomic E-state index is 0.208. The SMILES string of the molecule is O=C(N1CCCCCC1)N1CCCN(CCO)CC1. The van der Waals surface area contributed by atoms with Gasteiger partial charge in [0.2, 0.25) is 0 Å². The second kappa shape index (κ2) is 7.70. The molecule has 2 heterocycles. The molecule has 0 radical (unpaired) electrons. The van der Waals surface area contributed by atoms with Gasteiger partial charge in [-0.1, -0.05) is 12.8 Å². The quantitative estimate of drug-likeness (QED) is 0.813. The van der Waals surface area contributed by atoms with Crippen molar-refractivity contribution in [3.63, 3.8) is 0 Å². The van der Waals surface area contributed by atoms with Crippen LogP contribution in [0, 0.1) is 0 Å². The van der Waals surface area contributed by atoms with Crippen molar-refractivity contribution in [3.8, 4) is 0 Å². The summed E-state index contributed by atoms with van der Waals surface area (Å²) in [4.78, 5) is 18.8. The fraction of sp³-hybridized carbons (Fsp3) is 0.929. The number of rotatable bonds is 2. The smallest absolute Gasteiger partial charge is 0.320 e. The van der Waals surface area contributed by atoms with Gasteiger partial charge in [-0.2, -0.15) is 0 Å². The highest BCUT2D eigenvalue weighted by atomic mass is 16.3. The maximum atomic E-state index is 12.5. The van der Waals surface area contributed by atoms with E-state index in [1.54, 1.807) is 0 Å². The maximum absolute atomic E-state index is 12.5. The minimum Gasteiger partial charge on any atom is -0.395 e. The lowest BCUT2D eigenvalue weighted by Gasteiger charge is -2.29. The van der Waals surface area contributed by atoms with E-state index in [-0.39, 0.29) is 12.6 Å². The Kier molecular flexibility index (Phi) is 5.92. The lowest BCUT2D eigenvalue weighted by Crippen LogP contribution is -2.45. The van der Waals surface area contributed by atoms with E-state index in [9.17, 15) is 4.79 Å². The molecule has 2 fully saturated rings. The first kappa shape index (κ1) is 14.6. The molecule has 0 unspecified atom stereocenters. The van der Waals surface area contributed by atoms with Crippen LogP contribution in [0.25, 0.3) is 0 Å². The first-order valence-electron chi connectivity index (χ1n) is 7.68. The molecule has 0 aromatic carbocycles. The second-order valence-corrected chi connectivity index (χ2v) is 5.59. The van der Waals surface area contributed by atoms with E-state index >= 15 is 0 Å². The van der Waals surface area contributed by atoms with E-state index in [1.165, 1.54) is 12.8 Å². The van der Waals surface area contributed by atoms with Crippen LogP contribution in [0.2, 0.25) is 0 Å². The Labute approximate surface area is 116 Å². The lowest BCUT2D eigenvalue weighted by atomic mass is 10.2. The summed E-state index contributed by atoms with van der Waals surface area (Å²) in [5, 5.41) is 8.99. The molecule has 0 bridgehead atoms. The number of carbonyl (C=O) groups excluding carboxylic acids is 1. The first-order valence-corrected chi connectivity index (χ1v) is 7.68. The largest absolute Gasteiger partial charge is 0.395 e. The van der Waals surface area contributed by atoms with E-state index in [0.29, 0.717) is 0 Å². The van der Waals surface area contributed by atoms with Crippen LogP contribution in [0.3, 0.4) is 0 Å². The number of aliphatic hydroxyl groups excluding tert-OH is 1. The summed E-state index contributed by atoms with van der Waals surface area (Å²) >= 11 is 0. The van der Waals surface area contributed by atoms with Gasteiger partial charge in [0.1, 0.15) is 0 Å². The average Bonchev–Trinajstić information content (AvgIpc) is 2.81. The van der Waals surface area contributed by atoms with Gasteiger partial charge in [0, 0.05) is 39.3 Å². The molecule has 1 N–H and O–H groups in total. The number of urea groups is 1. The van der Waals surface area contributed by atoms with Crippen LogP contribution >= 0.6 is 0 Å². The molecule has 2 amide bonds. The highest BCUT2D eigenvalue weighted by Crippen LogP contribution is 2.13. The number of carbonyl (C=O) groups is 1. The third kappa shape index (κ3) is 4.35. The molecule has 2 saturated heterocycles. The molecule has 5 nitrogen and oxygen atoms in total. The summed E-state index contributed by atoms with van der Waals surface area (Å²) in [6.45, 7) is 6.33. The Hall–Kier alpha value is -0.810. The number of amides is 2. The Morgan fingerprint density at radius 3 is 2.11 bits per heavy atom. The van der Waals surface area contributed by atoms with Gasteiger partial charge in [-0.3, -0.25) is 4.90 Å². The number of nitrogens with zero attached hydrogens (tertiary/aromatic N) is 3. The van der Waals surface area contributed by atoms with Crippen molar-refractivity contribution in [2.75, 3.05) is 52.4 Å². The molecule has 0 spiro atoms. The van der Waals surface area contributed by atoms with E-state index in [4.69, 9.17) is 5.11 Å². The number of hydrogen-bond acceptors (Lipinski definition) is 3. The van der Waals surface area contributed by atoms with Gasteiger partial charge in [0.05, 0.1) is 6.61 Å². The van der Waals surface area contributed by atoms with Crippen molar-refractivity contribution in [2.45, 2.75) is 32.1 Å². The van der Waals surface area contributed by atoms with Crippen LogP contribution in [-0.2, 0) is 0 Å². The van der Waals surface area contributed by atoms with E-state index < -0.39 is 0 Å². The van der Waals surface area contributed by atoms with Gasteiger partial charge in [-0.25, -0.2) is 4.79 Å². The van der Waals surface area contributed by atoms with Gasteiger partial charge < -0.3 is 14.9 Å². The van der Waals surface area contributed by atoms with Gasteiger partial charge in [-0.15, -0.1) is 0 Å². The zero-order valence-corrected chi connectivity index (χ0v) is 11.9. The molecule has 0 atom stereocenters. The van der Waals surface area contributed by atoms with Crippen LogP contribution in [0.15, 0.2) is 0 Å². The average molecular weight is 269 g/mol. The van der Waals surface area contributed by atoms with Crippen molar-refractivity contribution in [1.82, 2.24) is 14.7 Å². The molecule has 0 saturated carbocycles. The summed E-state index contributed by atoms with van der Waals surface area (Å²) in [6, 6.07) is 0.229. The second-order valence-electron chi connectivity index (χ2n) is 5.59. The molecular weight excluding hydrogens is 242 g/mol.